The summed E-state index contributed by atoms with van der Waals surface area (Å²) < 4.78 is 11.4. The molecule has 3 heterocycles. The van der Waals surface area contributed by atoms with Gasteiger partial charge in [-0.1, -0.05) is 18.2 Å². The van der Waals surface area contributed by atoms with E-state index < -0.39 is 0 Å². The topological polar surface area (TPSA) is 62.2 Å². The predicted molar refractivity (Wildman–Crippen MR) is 127 cm³/mol. The Morgan fingerprint density at radius 2 is 1.70 bits per heavy atom. The number of ether oxygens (including phenoxy) is 2. The number of amides is 1. The number of phenols is 1. The van der Waals surface area contributed by atoms with E-state index in [0.29, 0.717) is 31.4 Å². The van der Waals surface area contributed by atoms with Crippen molar-refractivity contribution in [2.45, 2.75) is 44.6 Å². The highest BCUT2D eigenvalue weighted by Crippen LogP contribution is 2.38. The fourth-order valence-electron chi connectivity index (χ4n) is 5.43. The molecule has 2 saturated heterocycles. The standard InChI is InChI=1S/C27H34N2O4/c30-23-8-5-20(6-9-23)3-4-21-11-14-28(15-12-21)19-27(31)29-13-1-2-24(29)22-7-10-25-26(18-22)33-17-16-32-25/h5-10,18,21,24,30H,1-4,11-17,19H2. The van der Waals surface area contributed by atoms with Crippen molar-refractivity contribution in [3.8, 4) is 17.2 Å². The van der Waals surface area contributed by atoms with Gasteiger partial charge in [-0.3, -0.25) is 9.69 Å². The summed E-state index contributed by atoms with van der Waals surface area (Å²) >= 11 is 0. The van der Waals surface area contributed by atoms with Crippen molar-refractivity contribution in [1.82, 2.24) is 9.80 Å². The molecule has 6 nitrogen and oxygen atoms in total. The summed E-state index contributed by atoms with van der Waals surface area (Å²) in [5, 5.41) is 9.43. The van der Waals surface area contributed by atoms with E-state index >= 15 is 0 Å². The summed E-state index contributed by atoms with van der Waals surface area (Å²) in [6, 6.07) is 13.8. The molecule has 2 aromatic carbocycles. The Hall–Kier alpha value is -2.73. The van der Waals surface area contributed by atoms with Gasteiger partial charge in [0.1, 0.15) is 19.0 Å². The normalized spacial score (nSPS) is 21.3. The third kappa shape index (κ3) is 5.27. The summed E-state index contributed by atoms with van der Waals surface area (Å²) in [4.78, 5) is 17.6. The van der Waals surface area contributed by atoms with Gasteiger partial charge in [-0.25, -0.2) is 0 Å². The van der Waals surface area contributed by atoms with Gasteiger partial charge in [0.25, 0.3) is 0 Å². The molecule has 176 valence electrons. The van der Waals surface area contributed by atoms with E-state index in [2.05, 4.69) is 21.9 Å². The Balaban J connectivity index is 1.11. The van der Waals surface area contributed by atoms with Crippen LogP contribution in [0.1, 0.15) is 49.3 Å². The van der Waals surface area contributed by atoms with Crippen molar-refractivity contribution in [3.05, 3.63) is 53.6 Å². The largest absolute Gasteiger partial charge is 0.508 e. The first kappa shape index (κ1) is 22.1. The Kier molecular flexibility index (Phi) is 6.72. The number of nitrogens with zero attached hydrogens (tertiary/aromatic N) is 2. The van der Waals surface area contributed by atoms with Crippen molar-refractivity contribution >= 4 is 5.91 Å². The molecule has 1 N–H and O–H groups in total. The molecule has 0 aromatic heterocycles. The molecule has 0 spiro atoms. The lowest BCUT2D eigenvalue weighted by Crippen LogP contribution is -2.43. The van der Waals surface area contributed by atoms with E-state index in [0.717, 1.165) is 68.8 Å². The summed E-state index contributed by atoms with van der Waals surface area (Å²) in [5.74, 6) is 2.88. The molecule has 3 aliphatic rings. The molecule has 6 heteroatoms. The number of fused-ring (bicyclic) bond motifs is 1. The number of aryl methyl sites for hydroxylation is 1. The zero-order chi connectivity index (χ0) is 22.6. The van der Waals surface area contributed by atoms with Crippen LogP contribution in [0, 0.1) is 5.92 Å². The first-order valence-corrected chi connectivity index (χ1v) is 12.3. The highest BCUT2D eigenvalue weighted by atomic mass is 16.6. The van der Waals surface area contributed by atoms with Crippen LogP contribution in [0.15, 0.2) is 42.5 Å². The first-order valence-electron chi connectivity index (χ1n) is 12.3. The van der Waals surface area contributed by atoms with Crippen LogP contribution in [0.4, 0.5) is 0 Å². The van der Waals surface area contributed by atoms with Gasteiger partial charge in [0, 0.05) is 6.54 Å². The molecule has 0 aliphatic carbocycles. The maximum absolute atomic E-state index is 13.2. The smallest absolute Gasteiger partial charge is 0.237 e. The van der Waals surface area contributed by atoms with Crippen molar-refractivity contribution in [1.29, 1.82) is 0 Å². The van der Waals surface area contributed by atoms with Gasteiger partial charge < -0.3 is 19.5 Å². The fourth-order valence-corrected chi connectivity index (χ4v) is 5.43. The molecular formula is C27H34N2O4. The molecule has 33 heavy (non-hydrogen) atoms. The highest BCUT2D eigenvalue weighted by Gasteiger charge is 2.32. The zero-order valence-corrected chi connectivity index (χ0v) is 19.2. The van der Waals surface area contributed by atoms with Crippen LogP contribution in [0.25, 0.3) is 0 Å². The van der Waals surface area contributed by atoms with E-state index in [1.807, 2.05) is 18.2 Å². The number of carbonyl (C=O) groups is 1. The Morgan fingerprint density at radius 3 is 2.48 bits per heavy atom. The second-order valence-electron chi connectivity index (χ2n) is 9.57. The zero-order valence-electron chi connectivity index (χ0n) is 19.2. The highest BCUT2D eigenvalue weighted by molar-refractivity contribution is 5.79. The minimum absolute atomic E-state index is 0.135. The monoisotopic (exact) mass is 450 g/mol. The maximum atomic E-state index is 13.2. The fraction of sp³-hybridized carbons (Fsp3) is 0.519. The van der Waals surface area contributed by atoms with Crippen molar-refractivity contribution in [2.24, 2.45) is 5.92 Å². The molecule has 0 saturated carbocycles. The van der Waals surface area contributed by atoms with Crippen LogP contribution in [-0.2, 0) is 11.2 Å². The lowest BCUT2D eigenvalue weighted by Gasteiger charge is -2.34. The van der Waals surface area contributed by atoms with E-state index in [-0.39, 0.29) is 11.9 Å². The van der Waals surface area contributed by atoms with E-state index in [4.69, 9.17) is 9.47 Å². The number of rotatable bonds is 6. The number of hydrogen-bond acceptors (Lipinski definition) is 5. The number of benzene rings is 2. The van der Waals surface area contributed by atoms with E-state index in [1.165, 1.54) is 12.0 Å². The second kappa shape index (κ2) is 10.0. The SMILES string of the molecule is O=C(CN1CCC(CCc2ccc(O)cc2)CC1)N1CCCC1c1ccc2c(c1)OCCO2. The molecule has 1 atom stereocenters. The van der Waals surface area contributed by atoms with E-state index in [1.54, 1.807) is 12.1 Å². The molecule has 2 aromatic rings. The van der Waals surface area contributed by atoms with Crippen LogP contribution in [0.3, 0.4) is 0 Å². The van der Waals surface area contributed by atoms with Gasteiger partial charge in [-0.15, -0.1) is 0 Å². The molecule has 2 fully saturated rings. The Labute approximate surface area is 196 Å². The van der Waals surface area contributed by atoms with Crippen LogP contribution < -0.4 is 9.47 Å². The molecular weight excluding hydrogens is 416 g/mol. The van der Waals surface area contributed by atoms with E-state index in [9.17, 15) is 9.90 Å². The van der Waals surface area contributed by atoms with Gasteiger partial charge >= 0.3 is 0 Å². The van der Waals surface area contributed by atoms with Gasteiger partial charge in [0.05, 0.1) is 12.6 Å². The van der Waals surface area contributed by atoms with Crippen LogP contribution in [-0.4, -0.2) is 60.2 Å². The minimum atomic E-state index is 0.135. The maximum Gasteiger partial charge on any atom is 0.237 e. The number of carbonyl (C=O) groups excluding carboxylic acids is 1. The number of aromatic hydroxyl groups is 1. The molecule has 0 radical (unpaired) electrons. The number of likely N-dealkylation sites (tertiary alicyclic amines) is 2. The lowest BCUT2D eigenvalue weighted by molar-refractivity contribution is -0.133. The summed E-state index contributed by atoms with van der Waals surface area (Å²) in [7, 11) is 0. The average Bonchev–Trinajstić information content (AvgIpc) is 3.35. The summed E-state index contributed by atoms with van der Waals surface area (Å²) in [5.41, 5.74) is 2.43. The van der Waals surface area contributed by atoms with Gasteiger partial charge in [0.15, 0.2) is 11.5 Å². The van der Waals surface area contributed by atoms with Crippen molar-refractivity contribution in [2.75, 3.05) is 39.4 Å². The first-order chi connectivity index (χ1) is 16.2. The number of phenolic OH excluding ortho intramolecular Hbond substituents is 1. The quantitative estimate of drug-likeness (QED) is 0.716. The minimum Gasteiger partial charge on any atom is -0.508 e. The number of piperidine rings is 1. The van der Waals surface area contributed by atoms with Crippen LogP contribution in [0.5, 0.6) is 17.2 Å². The molecule has 0 bridgehead atoms. The summed E-state index contributed by atoms with van der Waals surface area (Å²) in [6.45, 7) is 4.51. The predicted octanol–water partition coefficient (Wildman–Crippen LogP) is 4.17. The Morgan fingerprint density at radius 1 is 0.939 bits per heavy atom. The van der Waals surface area contributed by atoms with Crippen LogP contribution in [0.2, 0.25) is 0 Å². The van der Waals surface area contributed by atoms with Gasteiger partial charge in [-0.05, 0) is 92.9 Å². The van der Waals surface area contributed by atoms with Gasteiger partial charge in [-0.2, -0.15) is 0 Å². The molecule has 3 aliphatic heterocycles. The van der Waals surface area contributed by atoms with Crippen molar-refractivity contribution in [3.63, 3.8) is 0 Å². The number of hydrogen-bond donors (Lipinski definition) is 1. The van der Waals surface area contributed by atoms with Crippen molar-refractivity contribution < 1.29 is 19.4 Å². The summed E-state index contributed by atoms with van der Waals surface area (Å²) in [6.07, 6.45) is 6.57. The van der Waals surface area contributed by atoms with Crippen LogP contribution >= 0.6 is 0 Å². The third-order valence-electron chi connectivity index (χ3n) is 7.37. The Bertz CT molecular complexity index is 953. The molecule has 1 unspecified atom stereocenters. The molecule has 5 rings (SSSR count). The lowest BCUT2D eigenvalue weighted by atomic mass is 9.90. The van der Waals surface area contributed by atoms with Gasteiger partial charge in [0.2, 0.25) is 5.91 Å². The average molecular weight is 451 g/mol. The molecule has 1 amide bonds. The third-order valence-corrected chi connectivity index (χ3v) is 7.37. The second-order valence-corrected chi connectivity index (χ2v) is 9.57.